The van der Waals surface area contributed by atoms with E-state index in [1.807, 2.05) is 0 Å². The highest BCUT2D eigenvalue weighted by atomic mass is 16.4. The number of amides is 2. The fourth-order valence-electron chi connectivity index (χ4n) is 1.66. The van der Waals surface area contributed by atoms with Crippen LogP contribution in [-0.2, 0) is 6.54 Å². The molecule has 0 spiro atoms. The van der Waals surface area contributed by atoms with E-state index in [4.69, 9.17) is 10.2 Å². The predicted octanol–water partition coefficient (Wildman–Crippen LogP) is -0.220. The lowest BCUT2D eigenvalue weighted by Gasteiger charge is -2.17. The zero-order valence-electron chi connectivity index (χ0n) is 12.0. The van der Waals surface area contributed by atoms with Gasteiger partial charge in [-0.25, -0.2) is 14.3 Å². The number of urea groups is 1. The molecule has 1 heterocycles. The van der Waals surface area contributed by atoms with E-state index in [1.54, 1.807) is 11.9 Å². The second-order valence-corrected chi connectivity index (χ2v) is 4.61. The van der Waals surface area contributed by atoms with Crippen molar-refractivity contribution in [2.24, 2.45) is 0 Å². The fraction of sp³-hybridized carbons (Fsp3) is 0.667. The van der Waals surface area contributed by atoms with Gasteiger partial charge in [0.1, 0.15) is 0 Å². The minimum absolute atomic E-state index is 0.123. The summed E-state index contributed by atoms with van der Waals surface area (Å²) in [5.41, 5.74) is -0.123. The summed E-state index contributed by atoms with van der Waals surface area (Å²) >= 11 is 0. The Kier molecular flexibility index (Phi) is 7.16. The summed E-state index contributed by atoms with van der Waals surface area (Å²) in [6, 6.07) is -0.197. The van der Waals surface area contributed by atoms with Crippen molar-refractivity contribution >= 4 is 12.0 Å². The van der Waals surface area contributed by atoms with Crippen molar-refractivity contribution in [3.05, 3.63) is 11.9 Å². The van der Waals surface area contributed by atoms with Gasteiger partial charge in [0.2, 0.25) is 0 Å². The Morgan fingerprint density at radius 3 is 2.76 bits per heavy atom. The predicted molar refractivity (Wildman–Crippen MR) is 73.9 cm³/mol. The van der Waals surface area contributed by atoms with Gasteiger partial charge in [-0.15, -0.1) is 5.10 Å². The molecule has 0 saturated carbocycles. The second kappa shape index (κ2) is 8.90. The van der Waals surface area contributed by atoms with Gasteiger partial charge in [0.05, 0.1) is 12.7 Å². The Balaban J connectivity index is 2.21. The van der Waals surface area contributed by atoms with E-state index >= 15 is 0 Å². The zero-order valence-corrected chi connectivity index (χ0v) is 12.0. The Morgan fingerprint density at radius 2 is 2.14 bits per heavy atom. The van der Waals surface area contributed by atoms with Gasteiger partial charge >= 0.3 is 12.0 Å². The van der Waals surface area contributed by atoms with Gasteiger partial charge < -0.3 is 20.4 Å². The number of carboxylic acid groups (broad SMARTS) is 1. The molecule has 2 amide bonds. The molecule has 0 aliphatic carbocycles. The maximum absolute atomic E-state index is 11.7. The molecule has 0 fully saturated rings. The number of carboxylic acids is 1. The molecule has 3 N–H and O–H groups in total. The first-order valence-electron chi connectivity index (χ1n) is 6.78. The summed E-state index contributed by atoms with van der Waals surface area (Å²) in [7, 11) is 1.70. The number of carbonyl (C=O) groups is 2. The lowest BCUT2D eigenvalue weighted by molar-refractivity contribution is 0.0690. The van der Waals surface area contributed by atoms with E-state index in [-0.39, 0.29) is 18.3 Å². The van der Waals surface area contributed by atoms with Gasteiger partial charge in [0.15, 0.2) is 5.69 Å². The Bertz CT molecular complexity index is 462. The van der Waals surface area contributed by atoms with Crippen LogP contribution in [-0.4, -0.2) is 68.9 Å². The monoisotopic (exact) mass is 299 g/mol. The van der Waals surface area contributed by atoms with Crippen LogP contribution in [0.15, 0.2) is 6.20 Å². The van der Waals surface area contributed by atoms with Gasteiger partial charge in [-0.05, 0) is 19.3 Å². The standard InChI is InChI=1S/C12H21N5O4/c1-16(6-3-2-4-8-18)12(21)13-5-7-17-9-10(11(19)20)14-15-17/h9,18H,2-8H2,1H3,(H,13,21)(H,19,20). The highest BCUT2D eigenvalue weighted by Gasteiger charge is 2.09. The largest absolute Gasteiger partial charge is 0.476 e. The van der Waals surface area contributed by atoms with E-state index in [9.17, 15) is 9.59 Å². The fourth-order valence-corrected chi connectivity index (χ4v) is 1.66. The quantitative estimate of drug-likeness (QED) is 0.542. The number of unbranched alkanes of at least 4 members (excludes halogenated alkanes) is 2. The second-order valence-electron chi connectivity index (χ2n) is 4.61. The van der Waals surface area contributed by atoms with E-state index < -0.39 is 5.97 Å². The summed E-state index contributed by atoms with van der Waals surface area (Å²) in [6.45, 7) is 1.48. The molecule has 0 atom stereocenters. The molecule has 9 heteroatoms. The third kappa shape index (κ3) is 6.21. The van der Waals surface area contributed by atoms with Crippen molar-refractivity contribution in [1.82, 2.24) is 25.2 Å². The van der Waals surface area contributed by atoms with Gasteiger partial charge in [-0.3, -0.25) is 0 Å². The average Bonchev–Trinajstić information content (AvgIpc) is 2.92. The SMILES string of the molecule is CN(CCCCCO)C(=O)NCCn1cc(C(=O)O)nn1. The summed E-state index contributed by atoms with van der Waals surface area (Å²) < 4.78 is 1.37. The topological polar surface area (TPSA) is 121 Å². The Labute approximate surface area is 122 Å². The molecule has 0 aliphatic rings. The van der Waals surface area contributed by atoms with Crippen LogP contribution in [0.2, 0.25) is 0 Å². The number of hydrogen-bond acceptors (Lipinski definition) is 5. The molecule has 21 heavy (non-hydrogen) atoms. The maximum Gasteiger partial charge on any atom is 0.358 e. The molecule has 0 saturated heterocycles. The highest BCUT2D eigenvalue weighted by molar-refractivity contribution is 5.84. The first-order chi connectivity index (χ1) is 10.0. The average molecular weight is 299 g/mol. The molecule has 0 bridgehead atoms. The summed E-state index contributed by atoms with van der Waals surface area (Å²) in [4.78, 5) is 23.9. The van der Waals surface area contributed by atoms with E-state index in [1.165, 1.54) is 10.9 Å². The van der Waals surface area contributed by atoms with E-state index in [0.29, 0.717) is 19.6 Å². The number of aromatic nitrogens is 3. The summed E-state index contributed by atoms with van der Waals surface area (Å²) in [6.07, 6.45) is 3.78. The lowest BCUT2D eigenvalue weighted by Crippen LogP contribution is -2.39. The maximum atomic E-state index is 11.7. The molecule has 1 aromatic rings. The number of carbonyl (C=O) groups excluding carboxylic acids is 1. The van der Waals surface area contributed by atoms with Crippen molar-refractivity contribution in [1.29, 1.82) is 0 Å². The lowest BCUT2D eigenvalue weighted by atomic mass is 10.2. The number of nitrogens with zero attached hydrogens (tertiary/aromatic N) is 4. The highest BCUT2D eigenvalue weighted by Crippen LogP contribution is 1.97. The van der Waals surface area contributed by atoms with Gasteiger partial charge in [0, 0.05) is 26.7 Å². The number of aliphatic hydroxyl groups is 1. The van der Waals surface area contributed by atoms with Crippen LogP contribution < -0.4 is 5.32 Å². The Hall–Kier alpha value is -2.16. The van der Waals surface area contributed by atoms with Gasteiger partial charge in [-0.2, -0.15) is 0 Å². The minimum atomic E-state index is -1.13. The van der Waals surface area contributed by atoms with Crippen LogP contribution in [0.4, 0.5) is 4.79 Å². The summed E-state index contributed by atoms with van der Waals surface area (Å²) in [5.74, 6) is -1.13. The number of rotatable bonds is 9. The molecular weight excluding hydrogens is 278 g/mol. The van der Waals surface area contributed by atoms with Crippen molar-refractivity contribution in [3.8, 4) is 0 Å². The number of hydrogen-bond donors (Lipinski definition) is 3. The number of aliphatic hydroxyl groups excluding tert-OH is 1. The molecule has 1 aromatic heterocycles. The number of nitrogens with one attached hydrogen (secondary N) is 1. The van der Waals surface area contributed by atoms with Crippen LogP contribution in [0.3, 0.4) is 0 Å². The molecular formula is C12H21N5O4. The van der Waals surface area contributed by atoms with E-state index in [0.717, 1.165) is 19.3 Å². The van der Waals surface area contributed by atoms with Crippen LogP contribution in [0.1, 0.15) is 29.8 Å². The normalized spacial score (nSPS) is 10.4. The molecule has 0 aromatic carbocycles. The zero-order chi connectivity index (χ0) is 15.7. The summed E-state index contributed by atoms with van der Waals surface area (Å²) in [5, 5.41) is 27.2. The van der Waals surface area contributed by atoms with Crippen molar-refractivity contribution in [2.45, 2.75) is 25.8 Å². The van der Waals surface area contributed by atoms with Crippen LogP contribution in [0.25, 0.3) is 0 Å². The van der Waals surface area contributed by atoms with Crippen LogP contribution >= 0.6 is 0 Å². The molecule has 0 aliphatic heterocycles. The molecule has 118 valence electrons. The first-order valence-corrected chi connectivity index (χ1v) is 6.78. The first kappa shape index (κ1) is 16.9. The van der Waals surface area contributed by atoms with Crippen molar-refractivity contribution < 1.29 is 19.8 Å². The molecule has 9 nitrogen and oxygen atoms in total. The smallest absolute Gasteiger partial charge is 0.358 e. The van der Waals surface area contributed by atoms with Crippen molar-refractivity contribution in [2.75, 3.05) is 26.7 Å². The van der Waals surface area contributed by atoms with Crippen LogP contribution in [0.5, 0.6) is 0 Å². The molecule has 0 radical (unpaired) electrons. The van der Waals surface area contributed by atoms with Gasteiger partial charge in [0.25, 0.3) is 0 Å². The van der Waals surface area contributed by atoms with E-state index in [2.05, 4.69) is 15.6 Å². The van der Waals surface area contributed by atoms with Crippen molar-refractivity contribution in [3.63, 3.8) is 0 Å². The molecule has 0 unspecified atom stereocenters. The van der Waals surface area contributed by atoms with Gasteiger partial charge in [-0.1, -0.05) is 5.21 Å². The van der Waals surface area contributed by atoms with Crippen LogP contribution in [0, 0.1) is 0 Å². The molecule has 1 rings (SSSR count). The minimum Gasteiger partial charge on any atom is -0.476 e. The third-order valence-corrected chi connectivity index (χ3v) is 2.87. The number of aromatic carboxylic acids is 1. The Morgan fingerprint density at radius 1 is 1.38 bits per heavy atom. The third-order valence-electron chi connectivity index (χ3n) is 2.87.